The van der Waals surface area contributed by atoms with Gasteiger partial charge in [0, 0.05) is 0 Å². The van der Waals surface area contributed by atoms with Crippen LogP contribution in [0.4, 0.5) is 0 Å². The number of allylic oxidation sites excluding steroid dienone is 1. The van der Waals surface area contributed by atoms with E-state index in [1.807, 2.05) is 0 Å². The number of benzene rings is 4. The van der Waals surface area contributed by atoms with Gasteiger partial charge in [0.25, 0.3) is 0 Å². The van der Waals surface area contributed by atoms with E-state index in [1.165, 1.54) is 60.1 Å². The first-order valence-electron chi connectivity index (χ1n) is 19.9. The summed E-state index contributed by atoms with van der Waals surface area (Å²) < 4.78 is -0.285. The Hall–Kier alpha value is -1.58. The first kappa shape index (κ1) is 50.6. The van der Waals surface area contributed by atoms with Gasteiger partial charge in [0.1, 0.15) is 0 Å². The normalized spacial score (nSPS) is 16.4. The molecule has 0 heterocycles. The van der Waals surface area contributed by atoms with Gasteiger partial charge in [-0.1, -0.05) is 0 Å². The second-order valence-corrected chi connectivity index (χ2v) is 28.4. The summed E-state index contributed by atoms with van der Waals surface area (Å²) in [5, 5.41) is 4.53. The predicted octanol–water partition coefficient (Wildman–Crippen LogP) is 2.96. The number of halogens is 3. The van der Waals surface area contributed by atoms with Crippen molar-refractivity contribution in [2.75, 3.05) is 0 Å². The third-order valence-corrected chi connectivity index (χ3v) is 19.3. The van der Waals surface area contributed by atoms with Crippen LogP contribution in [-0.2, 0) is 56.3 Å². The molecule has 0 fully saturated rings. The molecule has 4 aromatic rings. The van der Waals surface area contributed by atoms with Crippen LogP contribution in [0.2, 0.25) is 0 Å². The van der Waals surface area contributed by atoms with Crippen molar-refractivity contribution < 1.29 is 57.7 Å². The summed E-state index contributed by atoms with van der Waals surface area (Å²) in [6.45, 7) is 43.1. The van der Waals surface area contributed by atoms with Gasteiger partial charge in [-0.05, 0) is 0 Å². The molecule has 0 radical (unpaired) electrons. The van der Waals surface area contributed by atoms with Crippen LogP contribution in [0.15, 0.2) is 84.9 Å². The molecule has 1 aliphatic carbocycles. The van der Waals surface area contributed by atoms with E-state index in [1.54, 1.807) is 0 Å². The van der Waals surface area contributed by atoms with Gasteiger partial charge in [0.15, 0.2) is 0 Å². The first-order chi connectivity index (χ1) is 23.9. The predicted molar refractivity (Wildman–Crippen MR) is 233 cm³/mol. The molecule has 302 valence electrons. The van der Waals surface area contributed by atoms with Crippen molar-refractivity contribution in [1.29, 1.82) is 0 Å². The molecule has 4 aromatic carbocycles. The third kappa shape index (κ3) is 9.56. The smallest absolute Gasteiger partial charge is 1.00 e. The van der Waals surface area contributed by atoms with Gasteiger partial charge in [0.05, 0.1) is 0 Å². The van der Waals surface area contributed by atoms with E-state index in [0.29, 0.717) is 0 Å². The average molecular weight is 864 g/mol. The molecule has 0 bridgehead atoms. The Kier molecular flexibility index (Phi) is 14.9. The van der Waals surface area contributed by atoms with E-state index in [2.05, 4.69) is 236 Å². The molecule has 0 spiro atoms. The van der Waals surface area contributed by atoms with Crippen LogP contribution in [0.3, 0.4) is 0 Å². The van der Waals surface area contributed by atoms with Crippen LogP contribution in [0.1, 0.15) is 169 Å². The fraction of sp³-hybridized carbons (Fsp3) is 0.490. The number of hydrogen-bond donors (Lipinski definition) is 0. The van der Waals surface area contributed by atoms with Crippen molar-refractivity contribution in [2.24, 2.45) is 0 Å². The molecule has 0 nitrogen and oxygen atoms in total. The molecular weight excluding hydrogens is 795 g/mol. The molecule has 0 aliphatic heterocycles. The maximum absolute atomic E-state index is 3.11. The second kappa shape index (κ2) is 16.5. The van der Waals surface area contributed by atoms with Crippen molar-refractivity contribution >= 4 is 29.7 Å². The molecule has 0 saturated heterocycles. The molecule has 56 heavy (non-hydrogen) atoms. The van der Waals surface area contributed by atoms with E-state index in [4.69, 9.17) is 0 Å². The van der Waals surface area contributed by atoms with Crippen molar-refractivity contribution in [3.8, 4) is 0 Å². The Bertz CT molecular complexity index is 1770. The van der Waals surface area contributed by atoms with Gasteiger partial charge in [-0.25, -0.2) is 0 Å². The average Bonchev–Trinajstić information content (AvgIpc) is 3.36. The summed E-state index contributed by atoms with van der Waals surface area (Å²) in [4.78, 5) is 0. The Morgan fingerprint density at radius 3 is 0.893 bits per heavy atom. The number of rotatable bonds is 4. The van der Waals surface area contributed by atoms with Gasteiger partial charge in [-0.15, -0.1) is 0 Å². The van der Waals surface area contributed by atoms with Crippen molar-refractivity contribution in [3.05, 3.63) is 129 Å². The Morgan fingerprint density at radius 1 is 0.393 bits per heavy atom. The van der Waals surface area contributed by atoms with Gasteiger partial charge >= 0.3 is 340 Å². The fourth-order valence-electron chi connectivity index (χ4n) is 7.95. The number of hydrogen-bond acceptors (Lipinski definition) is 0. The van der Waals surface area contributed by atoms with E-state index in [0.717, 1.165) is 0 Å². The largest absolute Gasteiger partial charge is 1.00 e. The minimum Gasteiger partial charge on any atom is -1.00 e. The Labute approximate surface area is 374 Å². The molecule has 1 atom stereocenters. The zero-order chi connectivity index (χ0) is 40.0. The molecule has 0 N–H and O–H groups in total. The summed E-state index contributed by atoms with van der Waals surface area (Å²) in [6, 6.07) is 32.7. The molecular formula is C51H69Cl3SiTi. The Morgan fingerprint density at radius 2 is 0.643 bits per heavy atom. The summed E-state index contributed by atoms with van der Waals surface area (Å²) in [5.74, 6) is 0. The second-order valence-electron chi connectivity index (χ2n) is 22.4. The molecule has 1 aliphatic rings. The molecule has 0 amide bonds. The van der Waals surface area contributed by atoms with Crippen molar-refractivity contribution in [3.63, 3.8) is 0 Å². The SMILES string of the molecule is CC(C)(C)c1cc(C(C)(C)C)cc([Si](c2cc(C(C)(C)C)cc(C(C)(C)C)c2)(c2cc(C(C)(C)C)cc(C(C)(C)C)c2)[C]2([Ti+3])C=Cc3ccccc32)c1.[Cl-].[Cl-].[Cl-]. The van der Waals surface area contributed by atoms with Crippen LogP contribution < -0.4 is 52.8 Å². The molecule has 0 saturated carbocycles. The van der Waals surface area contributed by atoms with Crippen LogP contribution in [-0.4, -0.2) is 8.07 Å². The zero-order valence-corrected chi connectivity index (χ0v) is 42.6. The maximum atomic E-state index is 2.66. The summed E-state index contributed by atoms with van der Waals surface area (Å²) >= 11 is 2.60. The van der Waals surface area contributed by atoms with Gasteiger partial charge < -0.3 is 37.2 Å². The maximum Gasteiger partial charge on any atom is -1.00 e. The van der Waals surface area contributed by atoms with Crippen molar-refractivity contribution in [2.45, 2.75) is 160 Å². The summed E-state index contributed by atoms with van der Waals surface area (Å²) in [5.41, 5.74) is 11.2. The van der Waals surface area contributed by atoms with E-state index in [9.17, 15) is 0 Å². The topological polar surface area (TPSA) is 0 Å². The van der Waals surface area contributed by atoms with E-state index in [-0.39, 0.29) is 73.1 Å². The van der Waals surface area contributed by atoms with Gasteiger partial charge in [0.2, 0.25) is 0 Å². The Balaban J connectivity index is 0.00000361. The molecule has 5 heteroatoms. The first-order valence-corrected chi connectivity index (χ1v) is 22.7. The van der Waals surface area contributed by atoms with Crippen LogP contribution in [0, 0.1) is 0 Å². The molecule has 0 aromatic heterocycles. The van der Waals surface area contributed by atoms with Gasteiger partial charge in [-0.3, -0.25) is 0 Å². The number of fused-ring (bicyclic) bond motifs is 1. The zero-order valence-electron chi connectivity index (χ0n) is 37.8. The van der Waals surface area contributed by atoms with E-state index >= 15 is 0 Å². The van der Waals surface area contributed by atoms with E-state index < -0.39 is 8.07 Å². The van der Waals surface area contributed by atoms with Crippen LogP contribution >= 0.6 is 0 Å². The standard InChI is InChI=1S/C51H69Si.3ClH.Ti/c1-46(2,3)35-25-36(47(4,5)6)29-41(28-35)52(45-24-23-34-21-19-20-22-44(34)45,42-30-37(48(7,8)9)26-38(31-42)49(10,11)12)43-32-39(50(13,14)15)27-40(33-43)51(16,17)18;;;;/h19-33H,1-18H3;3*1H;/q;;;;+3/p-3. The summed E-state index contributed by atoms with van der Waals surface area (Å²) in [6.07, 6.45) is 5.05. The van der Waals surface area contributed by atoms with Crippen LogP contribution in [0.25, 0.3) is 6.08 Å². The minimum absolute atomic E-state index is 0. The minimum atomic E-state index is -3.11. The monoisotopic (exact) mass is 862 g/mol. The van der Waals surface area contributed by atoms with Crippen molar-refractivity contribution in [1.82, 2.24) is 0 Å². The third-order valence-electron chi connectivity index (χ3n) is 11.8. The quantitative estimate of drug-likeness (QED) is 0.219. The van der Waals surface area contributed by atoms with Crippen LogP contribution in [0.5, 0.6) is 0 Å². The fourth-order valence-corrected chi connectivity index (χ4v) is 16.0. The molecule has 1 unspecified atom stereocenters. The van der Waals surface area contributed by atoms with Gasteiger partial charge in [-0.2, -0.15) is 0 Å². The summed E-state index contributed by atoms with van der Waals surface area (Å²) in [7, 11) is -3.11. The molecule has 5 rings (SSSR count).